The van der Waals surface area contributed by atoms with Crippen molar-refractivity contribution in [2.75, 3.05) is 13.6 Å². The number of carbonyl (C=O) groups is 3. The van der Waals surface area contributed by atoms with Crippen molar-refractivity contribution >= 4 is 17.7 Å². The van der Waals surface area contributed by atoms with E-state index in [1.807, 2.05) is 67.3 Å². The smallest absolute Gasteiger partial charge is 0.244 e. The molecule has 6 nitrogen and oxygen atoms in total. The molecule has 3 amide bonds. The lowest BCUT2D eigenvalue weighted by Crippen LogP contribution is -2.63. The van der Waals surface area contributed by atoms with E-state index in [2.05, 4.69) is 5.32 Å². The highest BCUT2D eigenvalue weighted by atomic mass is 16.2. The van der Waals surface area contributed by atoms with Crippen molar-refractivity contribution in [1.29, 1.82) is 0 Å². The molecule has 0 saturated carbocycles. The summed E-state index contributed by atoms with van der Waals surface area (Å²) in [7, 11) is 1.54. The number of rotatable bonds is 3. The zero-order valence-corrected chi connectivity index (χ0v) is 18.8. The van der Waals surface area contributed by atoms with Gasteiger partial charge in [-0.15, -0.1) is 0 Å². The summed E-state index contributed by atoms with van der Waals surface area (Å²) in [5.41, 5.74) is 3.27. The number of piperidine rings is 1. The van der Waals surface area contributed by atoms with Gasteiger partial charge in [0.2, 0.25) is 17.7 Å². The monoisotopic (exact) mass is 431 g/mol. The summed E-state index contributed by atoms with van der Waals surface area (Å²) >= 11 is 0. The van der Waals surface area contributed by atoms with Gasteiger partial charge in [0.25, 0.3) is 0 Å². The third-order valence-corrected chi connectivity index (χ3v) is 7.47. The molecule has 3 fully saturated rings. The molecule has 32 heavy (non-hydrogen) atoms. The molecule has 0 aliphatic carbocycles. The second kappa shape index (κ2) is 7.55. The van der Waals surface area contributed by atoms with Gasteiger partial charge in [-0.05, 0) is 37.8 Å². The SMILES string of the molecule is Cc1ccc(CN2CCC[C@]3(N[C@H](c4ccc(C)cc4)[C@@H]4C(=O)N(C)C(=O)[C@@H]43)C2=O)cc1. The van der Waals surface area contributed by atoms with Crippen molar-refractivity contribution in [3.05, 3.63) is 70.8 Å². The molecule has 3 saturated heterocycles. The van der Waals surface area contributed by atoms with Crippen molar-refractivity contribution in [3.8, 4) is 0 Å². The summed E-state index contributed by atoms with van der Waals surface area (Å²) in [6.07, 6.45) is 1.35. The van der Waals surface area contributed by atoms with Crippen molar-refractivity contribution in [1.82, 2.24) is 15.1 Å². The second-order valence-corrected chi connectivity index (χ2v) is 9.56. The fraction of sp³-hybridized carbons (Fsp3) is 0.423. The van der Waals surface area contributed by atoms with Gasteiger partial charge in [0.15, 0.2) is 0 Å². The number of likely N-dealkylation sites (tertiary alicyclic amines) is 2. The van der Waals surface area contributed by atoms with Gasteiger partial charge in [-0.1, -0.05) is 59.7 Å². The Balaban J connectivity index is 1.52. The molecule has 4 atom stereocenters. The van der Waals surface area contributed by atoms with Crippen LogP contribution in [0.1, 0.15) is 41.1 Å². The van der Waals surface area contributed by atoms with E-state index in [9.17, 15) is 14.4 Å². The molecule has 2 aromatic carbocycles. The van der Waals surface area contributed by atoms with E-state index in [-0.39, 0.29) is 23.8 Å². The Morgan fingerprint density at radius 2 is 1.56 bits per heavy atom. The minimum absolute atomic E-state index is 0.0645. The topological polar surface area (TPSA) is 69.7 Å². The molecule has 2 aromatic rings. The lowest BCUT2D eigenvalue weighted by molar-refractivity contribution is -0.149. The first-order chi connectivity index (χ1) is 15.3. The Morgan fingerprint density at radius 1 is 0.938 bits per heavy atom. The average molecular weight is 432 g/mol. The van der Waals surface area contributed by atoms with Gasteiger partial charge in [0, 0.05) is 26.2 Å². The average Bonchev–Trinajstić information content (AvgIpc) is 3.23. The summed E-state index contributed by atoms with van der Waals surface area (Å²) in [5.74, 6) is -1.73. The molecule has 0 unspecified atom stereocenters. The van der Waals surface area contributed by atoms with Crippen LogP contribution in [0.5, 0.6) is 0 Å². The fourth-order valence-corrected chi connectivity index (χ4v) is 5.74. The summed E-state index contributed by atoms with van der Waals surface area (Å²) in [6, 6.07) is 15.8. The van der Waals surface area contributed by atoms with Gasteiger partial charge in [-0.25, -0.2) is 0 Å². The summed E-state index contributed by atoms with van der Waals surface area (Å²) in [5, 5.41) is 3.54. The van der Waals surface area contributed by atoms with Crippen LogP contribution in [-0.4, -0.2) is 46.7 Å². The van der Waals surface area contributed by atoms with Crippen molar-refractivity contribution in [3.63, 3.8) is 0 Å². The number of hydrogen-bond acceptors (Lipinski definition) is 4. The van der Waals surface area contributed by atoms with Crippen LogP contribution in [0.15, 0.2) is 48.5 Å². The Labute approximate surface area is 188 Å². The van der Waals surface area contributed by atoms with E-state index >= 15 is 0 Å². The van der Waals surface area contributed by atoms with E-state index in [4.69, 9.17) is 0 Å². The predicted octanol–water partition coefficient (Wildman–Crippen LogP) is 2.74. The molecule has 1 N–H and O–H groups in total. The molecule has 3 heterocycles. The molecule has 0 aromatic heterocycles. The molecule has 166 valence electrons. The maximum atomic E-state index is 13.9. The van der Waals surface area contributed by atoms with Crippen LogP contribution in [0.4, 0.5) is 0 Å². The van der Waals surface area contributed by atoms with Gasteiger partial charge in [0.1, 0.15) is 5.54 Å². The minimum Gasteiger partial charge on any atom is -0.337 e. The number of fused-ring (bicyclic) bond motifs is 2. The first kappa shape index (κ1) is 20.9. The number of nitrogens with one attached hydrogen (secondary N) is 1. The van der Waals surface area contributed by atoms with Crippen molar-refractivity contribution < 1.29 is 14.4 Å². The minimum atomic E-state index is -1.04. The first-order valence-corrected chi connectivity index (χ1v) is 11.3. The fourth-order valence-electron chi connectivity index (χ4n) is 5.74. The number of carbonyl (C=O) groups excluding carboxylic acids is 3. The lowest BCUT2D eigenvalue weighted by atomic mass is 9.74. The Kier molecular flexibility index (Phi) is 4.93. The van der Waals surface area contributed by atoms with Crippen LogP contribution < -0.4 is 5.32 Å². The van der Waals surface area contributed by atoms with E-state index < -0.39 is 17.4 Å². The normalized spacial score (nSPS) is 29.8. The van der Waals surface area contributed by atoms with E-state index in [0.29, 0.717) is 19.5 Å². The first-order valence-electron chi connectivity index (χ1n) is 11.3. The quantitative estimate of drug-likeness (QED) is 0.759. The van der Waals surface area contributed by atoms with Gasteiger partial charge in [0.05, 0.1) is 11.8 Å². The third-order valence-electron chi connectivity index (χ3n) is 7.47. The van der Waals surface area contributed by atoms with Crippen LogP contribution in [0.25, 0.3) is 0 Å². The van der Waals surface area contributed by atoms with Crippen LogP contribution in [0, 0.1) is 25.7 Å². The highest BCUT2D eigenvalue weighted by molar-refractivity contribution is 6.10. The number of nitrogens with zero attached hydrogens (tertiary/aromatic N) is 2. The number of aryl methyl sites for hydroxylation is 2. The van der Waals surface area contributed by atoms with E-state index in [1.54, 1.807) is 7.05 Å². The van der Waals surface area contributed by atoms with Crippen LogP contribution >= 0.6 is 0 Å². The summed E-state index contributed by atoms with van der Waals surface area (Å²) in [4.78, 5) is 43.4. The lowest BCUT2D eigenvalue weighted by Gasteiger charge is -2.42. The van der Waals surface area contributed by atoms with E-state index in [1.165, 1.54) is 10.5 Å². The highest BCUT2D eigenvalue weighted by Crippen LogP contribution is 2.51. The molecular weight excluding hydrogens is 402 g/mol. The molecule has 6 heteroatoms. The molecule has 1 spiro atoms. The maximum Gasteiger partial charge on any atom is 0.244 e. The molecule has 0 radical (unpaired) electrons. The highest BCUT2D eigenvalue weighted by Gasteiger charge is 2.68. The zero-order valence-electron chi connectivity index (χ0n) is 18.8. The second-order valence-electron chi connectivity index (χ2n) is 9.56. The number of hydrogen-bond donors (Lipinski definition) is 1. The van der Waals surface area contributed by atoms with E-state index in [0.717, 1.165) is 23.1 Å². The number of imide groups is 1. The van der Waals surface area contributed by atoms with Gasteiger partial charge >= 0.3 is 0 Å². The maximum absolute atomic E-state index is 13.9. The van der Waals surface area contributed by atoms with Crippen molar-refractivity contribution in [2.24, 2.45) is 11.8 Å². The Hall–Kier alpha value is -2.99. The van der Waals surface area contributed by atoms with Gasteiger partial charge < -0.3 is 4.90 Å². The van der Waals surface area contributed by atoms with Crippen LogP contribution in [-0.2, 0) is 20.9 Å². The van der Waals surface area contributed by atoms with Crippen molar-refractivity contribution in [2.45, 2.75) is 44.8 Å². The van der Waals surface area contributed by atoms with Crippen LogP contribution in [0.2, 0.25) is 0 Å². The standard InChI is InChI=1S/C26H29N3O3/c1-16-5-9-18(10-6-16)15-29-14-4-13-26(25(29)32)21-20(23(30)28(3)24(21)31)22(27-26)19-11-7-17(2)8-12-19/h5-12,20-22,27H,4,13-15H2,1-3H3/t20-,21-,22-,26-/m1/s1. The molecule has 5 rings (SSSR count). The number of benzene rings is 2. The summed E-state index contributed by atoms with van der Waals surface area (Å²) in [6.45, 7) is 5.22. The zero-order chi connectivity index (χ0) is 22.6. The van der Waals surface area contributed by atoms with Gasteiger partial charge in [-0.3, -0.25) is 24.6 Å². The third kappa shape index (κ3) is 3.08. The predicted molar refractivity (Wildman–Crippen MR) is 120 cm³/mol. The Bertz CT molecular complexity index is 1080. The number of amides is 3. The molecule has 0 bridgehead atoms. The molecule has 3 aliphatic heterocycles. The molecular formula is C26H29N3O3. The molecule has 3 aliphatic rings. The summed E-state index contributed by atoms with van der Waals surface area (Å²) < 4.78 is 0. The van der Waals surface area contributed by atoms with Gasteiger partial charge in [-0.2, -0.15) is 0 Å². The van der Waals surface area contributed by atoms with Crippen LogP contribution in [0.3, 0.4) is 0 Å². The largest absolute Gasteiger partial charge is 0.337 e. The Morgan fingerprint density at radius 3 is 2.22 bits per heavy atom.